The first-order chi connectivity index (χ1) is 11.2. The highest BCUT2D eigenvalue weighted by Gasteiger charge is 2.20. The SMILES string of the molecule is O=S(=O)(CCCl)CCN(CCS(=O)(=O)CCCl)C1=NN(F)N[C]=C1. The molecule has 0 aliphatic carbocycles. The van der Waals surface area contributed by atoms with Crippen molar-refractivity contribution < 1.29 is 21.3 Å². The van der Waals surface area contributed by atoms with Crippen molar-refractivity contribution in [1.82, 2.24) is 15.7 Å². The van der Waals surface area contributed by atoms with Crippen LogP contribution < -0.4 is 5.43 Å². The standard InChI is InChI=1S/C11H18Cl2FN4O4S2/c12-2-7-23(19,20)9-5-17(6-10-24(21,22)8-3-13)11-1-4-15-18(14)16-11/h1,15H,2-3,5-10H2. The molecule has 0 saturated heterocycles. The smallest absolute Gasteiger partial charge is 0.155 e. The third kappa shape index (κ3) is 7.86. The molecule has 1 rings (SSSR count). The van der Waals surface area contributed by atoms with Gasteiger partial charge in [0.1, 0.15) is 0 Å². The molecule has 13 heteroatoms. The van der Waals surface area contributed by atoms with Gasteiger partial charge in [0.15, 0.2) is 25.5 Å². The van der Waals surface area contributed by atoms with Crippen LogP contribution in [0, 0.1) is 6.20 Å². The zero-order valence-electron chi connectivity index (χ0n) is 12.7. The average Bonchev–Trinajstić information content (AvgIpc) is 2.47. The maximum atomic E-state index is 13.1. The summed E-state index contributed by atoms with van der Waals surface area (Å²) >= 11 is 10.9. The quantitative estimate of drug-likeness (QED) is 0.387. The molecule has 0 atom stereocenters. The summed E-state index contributed by atoms with van der Waals surface area (Å²) in [6.07, 6.45) is 3.66. The van der Waals surface area contributed by atoms with Gasteiger partial charge in [-0.15, -0.1) is 28.3 Å². The van der Waals surface area contributed by atoms with Gasteiger partial charge in [0.25, 0.3) is 0 Å². The van der Waals surface area contributed by atoms with E-state index in [1.165, 1.54) is 11.0 Å². The molecule has 0 aromatic heterocycles. The number of hydrazine groups is 1. The summed E-state index contributed by atoms with van der Waals surface area (Å²) in [5, 5.41) is 3.41. The van der Waals surface area contributed by atoms with E-state index in [9.17, 15) is 21.3 Å². The fraction of sp³-hybridized carbons (Fsp3) is 0.727. The van der Waals surface area contributed by atoms with Gasteiger partial charge < -0.3 is 4.90 Å². The van der Waals surface area contributed by atoms with Gasteiger partial charge in [-0.05, 0) is 5.34 Å². The Morgan fingerprint density at radius 1 is 1.08 bits per heavy atom. The van der Waals surface area contributed by atoms with E-state index in [4.69, 9.17) is 23.2 Å². The lowest BCUT2D eigenvalue weighted by Crippen LogP contribution is -2.41. The molecule has 1 N–H and O–H groups in total. The molecule has 8 nitrogen and oxygen atoms in total. The Morgan fingerprint density at radius 2 is 1.58 bits per heavy atom. The van der Waals surface area contributed by atoms with Crippen LogP contribution in [0.15, 0.2) is 11.2 Å². The minimum absolute atomic E-state index is 0.0385. The van der Waals surface area contributed by atoms with Gasteiger partial charge in [0, 0.05) is 30.9 Å². The summed E-state index contributed by atoms with van der Waals surface area (Å²) in [5.41, 5.74) is 2.03. The van der Waals surface area contributed by atoms with Crippen molar-refractivity contribution in [3.05, 3.63) is 12.3 Å². The summed E-state index contributed by atoms with van der Waals surface area (Å²) in [5.74, 6) is -0.939. The molecule has 1 aliphatic rings. The maximum absolute atomic E-state index is 13.1. The molecule has 0 bridgehead atoms. The summed E-state index contributed by atoms with van der Waals surface area (Å²) in [4.78, 5) is 1.36. The third-order valence-electron chi connectivity index (χ3n) is 2.99. The van der Waals surface area contributed by atoms with E-state index in [-0.39, 0.29) is 59.0 Å². The second kappa shape index (κ2) is 9.64. The van der Waals surface area contributed by atoms with Crippen molar-refractivity contribution in [3.63, 3.8) is 0 Å². The number of hydrogen-bond donors (Lipinski definition) is 1. The van der Waals surface area contributed by atoms with Crippen molar-refractivity contribution in [2.24, 2.45) is 5.10 Å². The highest BCUT2D eigenvalue weighted by Crippen LogP contribution is 2.05. The minimum atomic E-state index is -3.40. The number of amidine groups is 1. The molecule has 24 heavy (non-hydrogen) atoms. The van der Waals surface area contributed by atoms with Gasteiger partial charge >= 0.3 is 0 Å². The van der Waals surface area contributed by atoms with Crippen molar-refractivity contribution in [3.8, 4) is 0 Å². The molecule has 0 spiro atoms. The van der Waals surface area contributed by atoms with E-state index in [0.29, 0.717) is 0 Å². The Kier molecular flexibility index (Phi) is 8.54. The van der Waals surface area contributed by atoms with Crippen LogP contribution >= 0.6 is 23.2 Å². The first-order valence-corrected chi connectivity index (χ1v) is 11.6. The number of halogens is 3. The lowest BCUT2D eigenvalue weighted by molar-refractivity contribution is -0.0188. The van der Waals surface area contributed by atoms with E-state index in [1.54, 1.807) is 0 Å². The van der Waals surface area contributed by atoms with Gasteiger partial charge in [-0.3, -0.25) is 5.43 Å². The molecule has 0 aromatic carbocycles. The van der Waals surface area contributed by atoms with Crippen LogP contribution in [0.1, 0.15) is 0 Å². The molecule has 1 aliphatic heterocycles. The second-order valence-electron chi connectivity index (χ2n) is 4.79. The van der Waals surface area contributed by atoms with E-state index >= 15 is 0 Å². The monoisotopic (exact) mass is 423 g/mol. The highest BCUT2D eigenvalue weighted by molar-refractivity contribution is 7.91. The molecule has 1 radical (unpaired) electrons. The second-order valence-corrected chi connectivity index (χ2v) is 10.2. The lowest BCUT2D eigenvalue weighted by atomic mass is 10.4. The Hall–Kier alpha value is -0.780. The lowest BCUT2D eigenvalue weighted by Gasteiger charge is -2.26. The zero-order chi connectivity index (χ0) is 18.2. The maximum Gasteiger partial charge on any atom is 0.155 e. The van der Waals surface area contributed by atoms with E-state index in [2.05, 4.69) is 11.3 Å². The van der Waals surface area contributed by atoms with Crippen LogP contribution in [0.25, 0.3) is 0 Å². The average molecular weight is 424 g/mol. The van der Waals surface area contributed by atoms with E-state index in [0.717, 1.165) is 0 Å². The van der Waals surface area contributed by atoms with Crippen molar-refractivity contribution in [2.45, 2.75) is 0 Å². The van der Waals surface area contributed by atoms with Crippen LogP contribution in [-0.4, -0.2) is 80.8 Å². The van der Waals surface area contributed by atoms with Crippen LogP contribution in [0.2, 0.25) is 0 Å². The van der Waals surface area contributed by atoms with E-state index in [1.807, 2.05) is 5.43 Å². The fourth-order valence-corrected chi connectivity index (χ4v) is 5.01. The molecule has 1 heterocycles. The Labute approximate surface area is 151 Å². The van der Waals surface area contributed by atoms with Gasteiger partial charge in [-0.2, -0.15) is 0 Å². The normalized spacial score (nSPS) is 15.1. The largest absolute Gasteiger partial charge is 0.353 e. The van der Waals surface area contributed by atoms with Crippen LogP contribution in [-0.2, 0) is 19.7 Å². The number of alkyl halides is 2. The Morgan fingerprint density at radius 3 is 2.00 bits per heavy atom. The number of nitrogens with zero attached hydrogens (tertiary/aromatic N) is 3. The predicted octanol–water partition coefficient (Wildman–Crippen LogP) is -0.0693. The van der Waals surface area contributed by atoms with Crippen LogP contribution in [0.4, 0.5) is 4.48 Å². The highest BCUT2D eigenvalue weighted by atomic mass is 35.5. The summed E-state index contributed by atoms with van der Waals surface area (Å²) in [7, 11) is -6.80. The Balaban J connectivity index is 2.82. The molecule has 0 fully saturated rings. The number of sulfone groups is 2. The van der Waals surface area contributed by atoms with Crippen molar-refractivity contribution in [2.75, 3.05) is 47.9 Å². The topological polar surface area (TPSA) is 99.2 Å². The first kappa shape index (κ1) is 21.3. The van der Waals surface area contributed by atoms with Crippen LogP contribution in [0.5, 0.6) is 0 Å². The van der Waals surface area contributed by atoms with Gasteiger partial charge in [0.2, 0.25) is 0 Å². The minimum Gasteiger partial charge on any atom is -0.353 e. The molecule has 0 amide bonds. The third-order valence-corrected chi connectivity index (χ3v) is 7.08. The molecular formula is C11H18Cl2FN4O4S2. The number of nitrogens with one attached hydrogen (secondary N) is 1. The van der Waals surface area contributed by atoms with Crippen molar-refractivity contribution >= 4 is 48.7 Å². The van der Waals surface area contributed by atoms with Gasteiger partial charge in [-0.25, -0.2) is 16.8 Å². The fourth-order valence-electron chi connectivity index (χ4n) is 1.73. The predicted molar refractivity (Wildman–Crippen MR) is 91.7 cm³/mol. The van der Waals surface area contributed by atoms with Gasteiger partial charge in [0.05, 0.1) is 29.2 Å². The summed E-state index contributed by atoms with van der Waals surface area (Å²) in [6, 6.07) is 0. The van der Waals surface area contributed by atoms with Crippen LogP contribution in [0.3, 0.4) is 0 Å². The first-order valence-electron chi connectivity index (χ1n) is 6.86. The number of hydrogen-bond acceptors (Lipinski definition) is 8. The molecule has 0 aromatic rings. The molecule has 0 saturated carbocycles. The number of rotatable bonds is 10. The Bertz CT molecular complexity index is 630. The number of hydrazone groups is 1. The zero-order valence-corrected chi connectivity index (χ0v) is 15.8. The molecular weight excluding hydrogens is 406 g/mol. The summed E-state index contributed by atoms with van der Waals surface area (Å²) in [6.45, 7) is -0.110. The van der Waals surface area contributed by atoms with Gasteiger partial charge in [-0.1, -0.05) is 4.48 Å². The molecule has 139 valence electrons. The van der Waals surface area contributed by atoms with Crippen molar-refractivity contribution in [1.29, 1.82) is 0 Å². The summed E-state index contributed by atoms with van der Waals surface area (Å²) < 4.78 is 60.2. The van der Waals surface area contributed by atoms with E-state index < -0.39 is 19.7 Å². The molecule has 0 unspecified atom stereocenters.